The zero-order chi connectivity index (χ0) is 24.7. The van der Waals surface area contributed by atoms with Crippen molar-refractivity contribution in [3.05, 3.63) is 64.2 Å². The standard InChI is InChI=1S/C23H22N4O5S2/c1-4-21-26-27-23(33-21)25-22(28)17(14-24)12-16-8-11-19(20(13-16)31-5-2)32-34(29,30)18-9-6-15(3)7-10-18/h6-13H,4-5H2,1-3H3,(H,25,27,28)/b17-12-. The first-order chi connectivity index (χ1) is 16.2. The Kier molecular flexibility index (Phi) is 7.99. The van der Waals surface area contributed by atoms with Gasteiger partial charge in [0.2, 0.25) is 5.13 Å². The van der Waals surface area contributed by atoms with Gasteiger partial charge in [-0.15, -0.1) is 10.2 Å². The number of hydrogen-bond acceptors (Lipinski definition) is 9. The molecule has 176 valence electrons. The second kappa shape index (κ2) is 10.9. The number of nitrogens with zero attached hydrogens (tertiary/aromatic N) is 3. The van der Waals surface area contributed by atoms with Crippen LogP contribution in [0.15, 0.2) is 52.9 Å². The van der Waals surface area contributed by atoms with E-state index >= 15 is 0 Å². The van der Waals surface area contributed by atoms with Crippen molar-refractivity contribution in [1.82, 2.24) is 10.2 Å². The molecule has 0 fully saturated rings. The Labute approximate surface area is 201 Å². The number of aromatic nitrogens is 2. The third kappa shape index (κ3) is 6.18. The van der Waals surface area contributed by atoms with Crippen LogP contribution in [0.2, 0.25) is 0 Å². The molecule has 0 aliphatic rings. The smallest absolute Gasteiger partial charge is 0.339 e. The summed E-state index contributed by atoms with van der Waals surface area (Å²) in [4.78, 5) is 12.5. The SMILES string of the molecule is CCOc1cc(/C=C(/C#N)C(=O)Nc2nnc(CC)s2)ccc1OS(=O)(=O)c1ccc(C)cc1. The summed E-state index contributed by atoms with van der Waals surface area (Å²) in [6.07, 6.45) is 2.04. The molecule has 0 spiro atoms. The van der Waals surface area contributed by atoms with Gasteiger partial charge in [0.05, 0.1) is 6.61 Å². The molecule has 3 rings (SSSR count). The van der Waals surface area contributed by atoms with Gasteiger partial charge in [0.15, 0.2) is 11.5 Å². The molecule has 1 N–H and O–H groups in total. The number of nitriles is 1. The number of hydrogen-bond donors (Lipinski definition) is 1. The number of carbonyl (C=O) groups is 1. The normalized spacial score (nSPS) is 11.5. The molecule has 1 aromatic heterocycles. The number of ether oxygens (including phenoxy) is 1. The van der Waals surface area contributed by atoms with Gasteiger partial charge in [-0.05, 0) is 56.2 Å². The van der Waals surface area contributed by atoms with Crippen molar-refractivity contribution >= 4 is 38.6 Å². The summed E-state index contributed by atoms with van der Waals surface area (Å²) >= 11 is 1.23. The molecule has 9 nitrogen and oxygen atoms in total. The number of carbonyl (C=O) groups excluding carboxylic acids is 1. The van der Waals surface area contributed by atoms with Gasteiger partial charge in [-0.25, -0.2) is 0 Å². The van der Waals surface area contributed by atoms with Crippen molar-refractivity contribution < 1.29 is 22.1 Å². The van der Waals surface area contributed by atoms with Crippen molar-refractivity contribution in [2.75, 3.05) is 11.9 Å². The Balaban J connectivity index is 1.85. The van der Waals surface area contributed by atoms with E-state index in [4.69, 9.17) is 8.92 Å². The minimum absolute atomic E-state index is 0.0101. The zero-order valence-electron chi connectivity index (χ0n) is 18.7. The summed E-state index contributed by atoms with van der Waals surface area (Å²) in [6.45, 7) is 5.75. The number of nitrogens with one attached hydrogen (secondary N) is 1. The highest BCUT2D eigenvalue weighted by atomic mass is 32.2. The van der Waals surface area contributed by atoms with Crippen LogP contribution >= 0.6 is 11.3 Å². The quantitative estimate of drug-likeness (QED) is 0.265. The van der Waals surface area contributed by atoms with Gasteiger partial charge in [-0.2, -0.15) is 13.7 Å². The molecular weight excluding hydrogens is 476 g/mol. The minimum atomic E-state index is -4.08. The third-order valence-electron chi connectivity index (χ3n) is 4.44. The van der Waals surface area contributed by atoms with E-state index in [0.29, 0.717) is 17.1 Å². The van der Waals surface area contributed by atoms with E-state index in [-0.39, 0.29) is 28.6 Å². The predicted octanol–water partition coefficient (Wildman–Crippen LogP) is 4.12. The summed E-state index contributed by atoms with van der Waals surface area (Å²) in [5.41, 5.74) is 1.19. The van der Waals surface area contributed by atoms with E-state index < -0.39 is 16.0 Å². The van der Waals surface area contributed by atoms with Gasteiger partial charge < -0.3 is 8.92 Å². The van der Waals surface area contributed by atoms with Crippen LogP contribution in [-0.2, 0) is 21.3 Å². The van der Waals surface area contributed by atoms with Gasteiger partial charge in [-0.1, -0.05) is 42.0 Å². The second-order valence-electron chi connectivity index (χ2n) is 6.97. The Bertz CT molecular complexity index is 1360. The van der Waals surface area contributed by atoms with Gasteiger partial charge in [0.25, 0.3) is 5.91 Å². The molecule has 11 heteroatoms. The second-order valence-corrected chi connectivity index (χ2v) is 9.58. The molecule has 1 heterocycles. The number of aryl methyl sites for hydroxylation is 2. The summed E-state index contributed by atoms with van der Waals surface area (Å²) in [5, 5.41) is 20.9. The number of amides is 1. The van der Waals surface area contributed by atoms with Crippen molar-refractivity contribution in [1.29, 1.82) is 5.26 Å². The van der Waals surface area contributed by atoms with E-state index in [1.807, 2.05) is 19.9 Å². The summed E-state index contributed by atoms with van der Waals surface area (Å²) in [5.74, 6) is -0.494. The minimum Gasteiger partial charge on any atom is -0.490 e. The topological polar surface area (TPSA) is 131 Å². The van der Waals surface area contributed by atoms with Crippen LogP contribution in [0.5, 0.6) is 11.5 Å². The Hall–Kier alpha value is -3.75. The molecule has 0 unspecified atom stereocenters. The van der Waals surface area contributed by atoms with E-state index in [9.17, 15) is 18.5 Å². The number of benzene rings is 2. The van der Waals surface area contributed by atoms with Crippen LogP contribution in [0.25, 0.3) is 6.08 Å². The molecule has 0 bridgehead atoms. The van der Waals surface area contributed by atoms with Crippen molar-refractivity contribution in [3.8, 4) is 17.6 Å². The molecular formula is C23H22N4O5S2. The van der Waals surface area contributed by atoms with Crippen molar-refractivity contribution in [3.63, 3.8) is 0 Å². The number of rotatable bonds is 9. The molecule has 34 heavy (non-hydrogen) atoms. The van der Waals surface area contributed by atoms with Crippen LogP contribution in [0.3, 0.4) is 0 Å². The molecule has 1 amide bonds. The van der Waals surface area contributed by atoms with E-state index in [1.165, 1.54) is 47.7 Å². The molecule has 0 atom stereocenters. The first kappa shape index (κ1) is 24.9. The zero-order valence-corrected chi connectivity index (χ0v) is 20.4. The van der Waals surface area contributed by atoms with E-state index in [0.717, 1.165) is 10.6 Å². The van der Waals surface area contributed by atoms with Gasteiger partial charge in [0, 0.05) is 0 Å². The fourth-order valence-corrected chi connectivity index (χ4v) is 4.36. The Morgan fingerprint density at radius 2 is 1.88 bits per heavy atom. The predicted molar refractivity (Wildman–Crippen MR) is 128 cm³/mol. The van der Waals surface area contributed by atoms with Crippen molar-refractivity contribution in [2.24, 2.45) is 0 Å². The molecule has 0 aliphatic carbocycles. The van der Waals surface area contributed by atoms with Crippen LogP contribution in [0.4, 0.5) is 5.13 Å². The fraction of sp³-hybridized carbons (Fsp3) is 0.217. The molecule has 0 aliphatic heterocycles. The molecule has 3 aromatic rings. The average molecular weight is 499 g/mol. The van der Waals surface area contributed by atoms with Gasteiger partial charge >= 0.3 is 10.1 Å². The monoisotopic (exact) mass is 498 g/mol. The third-order valence-corrected chi connectivity index (χ3v) is 6.67. The lowest BCUT2D eigenvalue weighted by molar-refractivity contribution is -0.112. The molecule has 0 saturated heterocycles. The van der Waals surface area contributed by atoms with Crippen LogP contribution in [0, 0.1) is 18.3 Å². The maximum Gasteiger partial charge on any atom is 0.339 e. The Morgan fingerprint density at radius 3 is 2.50 bits per heavy atom. The average Bonchev–Trinajstić information content (AvgIpc) is 3.26. The Morgan fingerprint density at radius 1 is 1.15 bits per heavy atom. The van der Waals surface area contributed by atoms with Crippen LogP contribution < -0.4 is 14.2 Å². The van der Waals surface area contributed by atoms with Gasteiger partial charge in [0.1, 0.15) is 21.5 Å². The fourth-order valence-electron chi connectivity index (χ4n) is 2.75. The van der Waals surface area contributed by atoms with E-state index in [1.54, 1.807) is 19.1 Å². The summed E-state index contributed by atoms with van der Waals surface area (Å²) < 4.78 is 36.2. The lowest BCUT2D eigenvalue weighted by Crippen LogP contribution is -2.13. The highest BCUT2D eigenvalue weighted by Gasteiger charge is 2.20. The van der Waals surface area contributed by atoms with Crippen LogP contribution in [0.1, 0.15) is 30.0 Å². The number of anilines is 1. The molecule has 0 saturated carbocycles. The lowest BCUT2D eigenvalue weighted by atomic mass is 10.1. The van der Waals surface area contributed by atoms with Gasteiger partial charge in [-0.3, -0.25) is 10.1 Å². The summed E-state index contributed by atoms with van der Waals surface area (Å²) in [7, 11) is -4.08. The van der Waals surface area contributed by atoms with Crippen molar-refractivity contribution in [2.45, 2.75) is 32.1 Å². The molecule has 0 radical (unpaired) electrons. The largest absolute Gasteiger partial charge is 0.490 e. The first-order valence-corrected chi connectivity index (χ1v) is 12.5. The first-order valence-electron chi connectivity index (χ1n) is 10.3. The highest BCUT2D eigenvalue weighted by Crippen LogP contribution is 2.32. The lowest BCUT2D eigenvalue weighted by Gasteiger charge is -2.13. The maximum atomic E-state index is 12.7. The maximum absolute atomic E-state index is 12.7. The van der Waals surface area contributed by atoms with E-state index in [2.05, 4.69) is 15.5 Å². The van der Waals surface area contributed by atoms with Crippen LogP contribution in [-0.4, -0.2) is 31.1 Å². The highest BCUT2D eigenvalue weighted by molar-refractivity contribution is 7.87. The molecule has 2 aromatic carbocycles. The summed E-state index contributed by atoms with van der Waals surface area (Å²) in [6, 6.07) is 12.6.